The van der Waals surface area contributed by atoms with E-state index < -0.39 is 0 Å². The molecular formula is C25H26N4O. The zero-order valence-corrected chi connectivity index (χ0v) is 17.3. The van der Waals surface area contributed by atoms with E-state index in [9.17, 15) is 4.79 Å². The summed E-state index contributed by atoms with van der Waals surface area (Å²) >= 11 is 0. The fourth-order valence-corrected chi connectivity index (χ4v) is 3.77. The standard InChI is InChI=1S/C25H26N4O/c1-3-29(20-14-8-5-9-15-20)18-23(30)27-24(19-12-6-4-7-13-19)25-26-21-16-10-11-17-22(21)28(25)2/h4-17,24H,3,18H2,1-2H3,(H,27,30). The molecule has 1 atom stereocenters. The Labute approximate surface area is 177 Å². The first-order chi connectivity index (χ1) is 14.7. The number of imidazole rings is 1. The molecule has 0 aliphatic carbocycles. The summed E-state index contributed by atoms with van der Waals surface area (Å²) in [5, 5.41) is 3.22. The molecule has 4 rings (SSSR count). The number of nitrogens with zero attached hydrogens (tertiary/aromatic N) is 3. The second-order valence-electron chi connectivity index (χ2n) is 7.28. The number of benzene rings is 3. The molecule has 5 heteroatoms. The van der Waals surface area contributed by atoms with Gasteiger partial charge in [-0.3, -0.25) is 4.79 Å². The van der Waals surface area contributed by atoms with Crippen molar-refractivity contribution in [1.82, 2.24) is 14.9 Å². The van der Waals surface area contributed by atoms with E-state index >= 15 is 0 Å². The van der Waals surface area contributed by atoms with Gasteiger partial charge in [0.1, 0.15) is 11.9 Å². The molecule has 0 spiro atoms. The van der Waals surface area contributed by atoms with Crippen LogP contribution in [0.5, 0.6) is 0 Å². The molecule has 1 N–H and O–H groups in total. The lowest BCUT2D eigenvalue weighted by atomic mass is 10.1. The molecule has 152 valence electrons. The van der Waals surface area contributed by atoms with Gasteiger partial charge in [0, 0.05) is 19.3 Å². The van der Waals surface area contributed by atoms with Gasteiger partial charge in [0.05, 0.1) is 17.6 Å². The molecule has 0 radical (unpaired) electrons. The minimum Gasteiger partial charge on any atom is -0.363 e. The Hall–Kier alpha value is -3.60. The van der Waals surface area contributed by atoms with Crippen LogP contribution in [0, 0.1) is 0 Å². The van der Waals surface area contributed by atoms with Crippen molar-refractivity contribution < 1.29 is 4.79 Å². The van der Waals surface area contributed by atoms with Gasteiger partial charge in [-0.1, -0.05) is 60.7 Å². The number of anilines is 1. The second kappa shape index (κ2) is 8.82. The third kappa shape index (κ3) is 4.06. The summed E-state index contributed by atoms with van der Waals surface area (Å²) in [6, 6.07) is 27.7. The number of carbonyl (C=O) groups is 1. The van der Waals surface area contributed by atoms with Crippen molar-refractivity contribution in [2.24, 2.45) is 7.05 Å². The normalized spacial score (nSPS) is 11.9. The molecule has 0 aliphatic heterocycles. The lowest BCUT2D eigenvalue weighted by Crippen LogP contribution is -2.40. The van der Waals surface area contributed by atoms with Crippen LogP contribution in [-0.2, 0) is 11.8 Å². The van der Waals surface area contributed by atoms with Crippen LogP contribution in [0.1, 0.15) is 24.4 Å². The summed E-state index contributed by atoms with van der Waals surface area (Å²) in [7, 11) is 2.00. The molecule has 0 saturated heterocycles. The number of hydrogen-bond donors (Lipinski definition) is 1. The summed E-state index contributed by atoms with van der Waals surface area (Å²) in [6.07, 6.45) is 0. The summed E-state index contributed by atoms with van der Waals surface area (Å²) < 4.78 is 2.06. The van der Waals surface area contributed by atoms with E-state index in [0.717, 1.165) is 34.7 Å². The Morgan fingerprint density at radius 3 is 2.27 bits per heavy atom. The first-order valence-corrected chi connectivity index (χ1v) is 10.2. The van der Waals surface area contributed by atoms with E-state index in [1.165, 1.54) is 0 Å². The van der Waals surface area contributed by atoms with Crippen LogP contribution in [0.2, 0.25) is 0 Å². The van der Waals surface area contributed by atoms with Crippen LogP contribution in [0.4, 0.5) is 5.69 Å². The maximum atomic E-state index is 13.1. The van der Waals surface area contributed by atoms with Gasteiger partial charge in [0.2, 0.25) is 5.91 Å². The third-order valence-corrected chi connectivity index (χ3v) is 5.36. The van der Waals surface area contributed by atoms with E-state index in [1.54, 1.807) is 0 Å². The Kier molecular flexibility index (Phi) is 5.80. The minimum absolute atomic E-state index is 0.0402. The van der Waals surface area contributed by atoms with E-state index in [0.29, 0.717) is 0 Å². The summed E-state index contributed by atoms with van der Waals surface area (Å²) in [4.78, 5) is 20.0. The minimum atomic E-state index is -0.328. The van der Waals surface area contributed by atoms with Crippen molar-refractivity contribution in [1.29, 1.82) is 0 Å². The number of rotatable bonds is 7. The Morgan fingerprint density at radius 2 is 1.60 bits per heavy atom. The fourth-order valence-electron chi connectivity index (χ4n) is 3.77. The van der Waals surface area contributed by atoms with Gasteiger partial charge < -0.3 is 14.8 Å². The molecule has 1 amide bonds. The average molecular weight is 399 g/mol. The SMILES string of the molecule is CCN(CC(=O)NC(c1ccccc1)c1nc2ccccc2n1C)c1ccccc1. The van der Waals surface area contributed by atoms with Crippen molar-refractivity contribution in [2.75, 3.05) is 18.0 Å². The number of para-hydroxylation sites is 3. The average Bonchev–Trinajstić information content (AvgIpc) is 3.13. The number of hydrogen-bond acceptors (Lipinski definition) is 3. The molecule has 30 heavy (non-hydrogen) atoms. The number of carbonyl (C=O) groups excluding carboxylic acids is 1. The number of amides is 1. The molecule has 0 fully saturated rings. The van der Waals surface area contributed by atoms with Gasteiger partial charge in [0.25, 0.3) is 0 Å². The highest BCUT2D eigenvalue weighted by atomic mass is 16.2. The highest BCUT2D eigenvalue weighted by Crippen LogP contribution is 2.25. The summed E-state index contributed by atoms with van der Waals surface area (Å²) in [5.41, 5.74) is 4.01. The van der Waals surface area contributed by atoms with E-state index in [-0.39, 0.29) is 18.5 Å². The predicted octanol–water partition coefficient (Wildman–Crippen LogP) is 4.31. The number of likely N-dealkylation sites (N-methyl/N-ethyl adjacent to an activating group) is 1. The van der Waals surface area contributed by atoms with Crippen LogP contribution in [0.15, 0.2) is 84.9 Å². The molecule has 3 aromatic carbocycles. The van der Waals surface area contributed by atoms with Crippen molar-refractivity contribution >= 4 is 22.6 Å². The molecule has 0 saturated carbocycles. The van der Waals surface area contributed by atoms with Crippen LogP contribution in [0.3, 0.4) is 0 Å². The molecule has 1 heterocycles. The molecular weight excluding hydrogens is 372 g/mol. The molecule has 4 aromatic rings. The maximum absolute atomic E-state index is 13.1. The van der Waals surface area contributed by atoms with Crippen LogP contribution < -0.4 is 10.2 Å². The van der Waals surface area contributed by atoms with E-state index in [4.69, 9.17) is 4.98 Å². The molecule has 5 nitrogen and oxygen atoms in total. The number of nitrogens with one attached hydrogen (secondary N) is 1. The monoisotopic (exact) mass is 398 g/mol. The predicted molar refractivity (Wildman–Crippen MR) is 121 cm³/mol. The van der Waals surface area contributed by atoms with Gasteiger partial charge in [0.15, 0.2) is 0 Å². The van der Waals surface area contributed by atoms with Gasteiger partial charge in [-0.05, 0) is 36.8 Å². The Morgan fingerprint density at radius 1 is 0.967 bits per heavy atom. The highest BCUT2D eigenvalue weighted by molar-refractivity contribution is 5.82. The van der Waals surface area contributed by atoms with Gasteiger partial charge >= 0.3 is 0 Å². The zero-order valence-electron chi connectivity index (χ0n) is 17.3. The van der Waals surface area contributed by atoms with Crippen molar-refractivity contribution in [3.8, 4) is 0 Å². The zero-order chi connectivity index (χ0) is 20.9. The van der Waals surface area contributed by atoms with Crippen molar-refractivity contribution in [2.45, 2.75) is 13.0 Å². The van der Waals surface area contributed by atoms with E-state index in [1.807, 2.05) is 92.0 Å². The van der Waals surface area contributed by atoms with Crippen molar-refractivity contribution in [3.05, 3.63) is 96.3 Å². The maximum Gasteiger partial charge on any atom is 0.240 e. The highest BCUT2D eigenvalue weighted by Gasteiger charge is 2.23. The lowest BCUT2D eigenvalue weighted by molar-refractivity contribution is -0.120. The molecule has 1 unspecified atom stereocenters. The quantitative estimate of drug-likeness (QED) is 0.505. The van der Waals surface area contributed by atoms with Crippen LogP contribution >= 0.6 is 0 Å². The smallest absolute Gasteiger partial charge is 0.240 e. The van der Waals surface area contributed by atoms with E-state index in [2.05, 4.69) is 21.7 Å². The molecule has 0 aliphatic rings. The Bertz CT molecular complexity index is 1120. The second-order valence-corrected chi connectivity index (χ2v) is 7.28. The first kappa shape index (κ1) is 19.7. The number of aromatic nitrogens is 2. The topological polar surface area (TPSA) is 50.2 Å². The largest absolute Gasteiger partial charge is 0.363 e. The summed E-state index contributed by atoms with van der Waals surface area (Å²) in [6.45, 7) is 3.09. The van der Waals surface area contributed by atoms with Gasteiger partial charge in [-0.2, -0.15) is 0 Å². The number of fused-ring (bicyclic) bond motifs is 1. The molecule has 1 aromatic heterocycles. The first-order valence-electron chi connectivity index (χ1n) is 10.2. The summed E-state index contributed by atoms with van der Waals surface area (Å²) in [5.74, 6) is 0.778. The fraction of sp³-hybridized carbons (Fsp3) is 0.200. The van der Waals surface area contributed by atoms with Crippen LogP contribution in [0.25, 0.3) is 11.0 Å². The van der Waals surface area contributed by atoms with Gasteiger partial charge in [-0.15, -0.1) is 0 Å². The van der Waals surface area contributed by atoms with Crippen molar-refractivity contribution in [3.63, 3.8) is 0 Å². The Balaban J connectivity index is 1.64. The molecule has 0 bridgehead atoms. The van der Waals surface area contributed by atoms with Crippen LogP contribution in [-0.4, -0.2) is 28.5 Å². The van der Waals surface area contributed by atoms with Gasteiger partial charge in [-0.25, -0.2) is 4.98 Å². The number of aryl methyl sites for hydroxylation is 1. The lowest BCUT2D eigenvalue weighted by Gasteiger charge is -2.25. The third-order valence-electron chi connectivity index (χ3n) is 5.36.